The van der Waals surface area contributed by atoms with Gasteiger partial charge < -0.3 is 5.32 Å². The Morgan fingerprint density at radius 3 is 2.65 bits per heavy atom. The van der Waals surface area contributed by atoms with Crippen LogP contribution in [0.25, 0.3) is 0 Å². The van der Waals surface area contributed by atoms with E-state index in [0.717, 1.165) is 38.2 Å². The summed E-state index contributed by atoms with van der Waals surface area (Å²) in [4.78, 5) is 4.39. The summed E-state index contributed by atoms with van der Waals surface area (Å²) in [5.74, 6) is 1.07. The molecule has 0 fully saturated rings. The molecule has 0 bridgehead atoms. The number of nitrogens with one attached hydrogen (secondary N) is 1. The van der Waals surface area contributed by atoms with Gasteiger partial charge in [0.2, 0.25) is 0 Å². The molecule has 0 radical (unpaired) electrons. The van der Waals surface area contributed by atoms with Gasteiger partial charge in [0, 0.05) is 19.0 Å². The van der Waals surface area contributed by atoms with Crippen molar-refractivity contribution < 1.29 is 0 Å². The second-order valence-corrected chi connectivity index (χ2v) is 5.04. The van der Waals surface area contributed by atoms with Crippen molar-refractivity contribution in [2.75, 3.05) is 6.54 Å². The fraction of sp³-hybridized carbons (Fsp3) is 0.500. The first kappa shape index (κ1) is 14.7. The third kappa shape index (κ3) is 4.17. The molecular formula is C16H24N4. The Morgan fingerprint density at radius 2 is 1.95 bits per heavy atom. The second kappa shape index (κ2) is 7.80. The lowest BCUT2D eigenvalue weighted by Gasteiger charge is -2.18. The Bertz CT molecular complexity index is 492. The van der Waals surface area contributed by atoms with Crippen molar-refractivity contribution in [3.05, 3.63) is 48.0 Å². The highest BCUT2D eigenvalue weighted by Gasteiger charge is 2.13. The van der Waals surface area contributed by atoms with Gasteiger partial charge in [-0.1, -0.05) is 37.3 Å². The second-order valence-electron chi connectivity index (χ2n) is 5.04. The minimum atomic E-state index is 0.409. The molecule has 1 unspecified atom stereocenters. The van der Waals surface area contributed by atoms with Crippen molar-refractivity contribution in [2.24, 2.45) is 0 Å². The molecule has 1 aromatic carbocycles. The summed E-state index contributed by atoms with van der Waals surface area (Å²) in [6.07, 6.45) is 4.74. The zero-order chi connectivity index (χ0) is 14.2. The van der Waals surface area contributed by atoms with E-state index < -0.39 is 0 Å². The standard InChI is InChI=1S/C16H24N4/c1-3-10-17-15(11-14-8-6-5-7-9-14)12-16-18-13-19-20(16)4-2/h5-9,13,15,17H,3-4,10-12H2,1-2H3. The van der Waals surface area contributed by atoms with Gasteiger partial charge in [-0.3, -0.25) is 4.68 Å². The lowest BCUT2D eigenvalue weighted by Crippen LogP contribution is -2.34. The van der Waals surface area contributed by atoms with E-state index >= 15 is 0 Å². The number of aromatic nitrogens is 3. The van der Waals surface area contributed by atoms with Crippen LogP contribution in [0.15, 0.2) is 36.7 Å². The largest absolute Gasteiger partial charge is 0.313 e. The van der Waals surface area contributed by atoms with Crippen LogP contribution in [0.1, 0.15) is 31.7 Å². The molecule has 0 amide bonds. The van der Waals surface area contributed by atoms with E-state index in [1.165, 1.54) is 5.56 Å². The summed E-state index contributed by atoms with van der Waals surface area (Å²) < 4.78 is 1.98. The molecule has 4 heteroatoms. The molecule has 1 heterocycles. The first-order valence-electron chi connectivity index (χ1n) is 7.47. The maximum Gasteiger partial charge on any atom is 0.138 e. The van der Waals surface area contributed by atoms with Crippen molar-refractivity contribution in [2.45, 2.75) is 45.7 Å². The van der Waals surface area contributed by atoms with Crippen LogP contribution < -0.4 is 5.32 Å². The smallest absolute Gasteiger partial charge is 0.138 e. The highest BCUT2D eigenvalue weighted by atomic mass is 15.3. The minimum Gasteiger partial charge on any atom is -0.313 e. The van der Waals surface area contributed by atoms with Gasteiger partial charge in [-0.2, -0.15) is 5.10 Å². The van der Waals surface area contributed by atoms with Gasteiger partial charge in [-0.25, -0.2) is 4.98 Å². The van der Waals surface area contributed by atoms with Gasteiger partial charge in [-0.05, 0) is 31.9 Å². The molecule has 0 aliphatic rings. The molecule has 0 saturated carbocycles. The minimum absolute atomic E-state index is 0.409. The molecular weight excluding hydrogens is 248 g/mol. The van der Waals surface area contributed by atoms with Crippen molar-refractivity contribution >= 4 is 0 Å². The Balaban J connectivity index is 2.03. The fourth-order valence-electron chi connectivity index (χ4n) is 2.39. The first-order chi connectivity index (χ1) is 9.83. The third-order valence-electron chi connectivity index (χ3n) is 3.43. The first-order valence-corrected chi connectivity index (χ1v) is 7.47. The van der Waals surface area contributed by atoms with Crippen LogP contribution in [0, 0.1) is 0 Å². The lowest BCUT2D eigenvalue weighted by molar-refractivity contribution is 0.478. The number of benzene rings is 1. The van der Waals surface area contributed by atoms with E-state index in [1.54, 1.807) is 6.33 Å². The van der Waals surface area contributed by atoms with E-state index in [1.807, 2.05) is 4.68 Å². The van der Waals surface area contributed by atoms with Crippen molar-refractivity contribution in [1.82, 2.24) is 20.1 Å². The van der Waals surface area contributed by atoms with E-state index in [2.05, 4.69) is 59.6 Å². The van der Waals surface area contributed by atoms with E-state index in [-0.39, 0.29) is 0 Å². The highest BCUT2D eigenvalue weighted by molar-refractivity contribution is 5.16. The quantitative estimate of drug-likeness (QED) is 0.802. The van der Waals surface area contributed by atoms with Crippen LogP contribution in [0.4, 0.5) is 0 Å². The molecule has 2 aromatic rings. The Hall–Kier alpha value is -1.68. The molecule has 4 nitrogen and oxygen atoms in total. The highest BCUT2D eigenvalue weighted by Crippen LogP contribution is 2.08. The maximum atomic E-state index is 4.39. The van der Waals surface area contributed by atoms with Crippen LogP contribution in [-0.4, -0.2) is 27.4 Å². The predicted octanol–water partition coefficient (Wildman–Crippen LogP) is 2.45. The zero-order valence-corrected chi connectivity index (χ0v) is 12.4. The maximum absolute atomic E-state index is 4.39. The van der Waals surface area contributed by atoms with Gasteiger partial charge in [0.05, 0.1) is 0 Å². The van der Waals surface area contributed by atoms with E-state index in [4.69, 9.17) is 0 Å². The molecule has 0 spiro atoms. The van der Waals surface area contributed by atoms with E-state index in [0.29, 0.717) is 6.04 Å². The van der Waals surface area contributed by atoms with Crippen LogP contribution in [0.5, 0.6) is 0 Å². The Kier molecular flexibility index (Phi) is 5.74. The SMILES string of the molecule is CCCNC(Cc1ccccc1)Cc1ncnn1CC. The number of hydrogen-bond donors (Lipinski definition) is 1. The van der Waals surface area contributed by atoms with Gasteiger partial charge >= 0.3 is 0 Å². The van der Waals surface area contributed by atoms with Crippen molar-refractivity contribution in [3.63, 3.8) is 0 Å². The number of rotatable bonds is 8. The summed E-state index contributed by atoms with van der Waals surface area (Å²) >= 11 is 0. The Morgan fingerprint density at radius 1 is 1.15 bits per heavy atom. The fourth-order valence-corrected chi connectivity index (χ4v) is 2.39. The van der Waals surface area contributed by atoms with Gasteiger partial charge in [0.25, 0.3) is 0 Å². The topological polar surface area (TPSA) is 42.7 Å². The van der Waals surface area contributed by atoms with Gasteiger partial charge in [-0.15, -0.1) is 0 Å². The molecule has 1 N–H and O–H groups in total. The molecule has 0 aliphatic heterocycles. The monoisotopic (exact) mass is 272 g/mol. The van der Waals surface area contributed by atoms with Crippen LogP contribution in [-0.2, 0) is 19.4 Å². The lowest BCUT2D eigenvalue weighted by atomic mass is 10.0. The van der Waals surface area contributed by atoms with Crippen molar-refractivity contribution in [1.29, 1.82) is 0 Å². The predicted molar refractivity (Wildman–Crippen MR) is 81.6 cm³/mol. The van der Waals surface area contributed by atoms with E-state index in [9.17, 15) is 0 Å². The summed E-state index contributed by atoms with van der Waals surface area (Å²) in [6.45, 7) is 6.21. The summed E-state index contributed by atoms with van der Waals surface area (Å²) in [5.41, 5.74) is 1.36. The molecule has 1 atom stereocenters. The van der Waals surface area contributed by atoms with Crippen LogP contribution >= 0.6 is 0 Å². The van der Waals surface area contributed by atoms with Gasteiger partial charge in [0.1, 0.15) is 12.2 Å². The molecule has 0 aliphatic carbocycles. The molecule has 0 saturated heterocycles. The average Bonchev–Trinajstić information content (AvgIpc) is 2.93. The summed E-state index contributed by atoms with van der Waals surface area (Å²) in [5, 5.41) is 7.88. The van der Waals surface area contributed by atoms with Gasteiger partial charge in [0.15, 0.2) is 0 Å². The Labute approximate surface area is 121 Å². The number of hydrogen-bond acceptors (Lipinski definition) is 3. The molecule has 20 heavy (non-hydrogen) atoms. The number of nitrogens with zero attached hydrogens (tertiary/aromatic N) is 3. The summed E-state index contributed by atoms with van der Waals surface area (Å²) in [6, 6.07) is 11.0. The molecule has 1 aromatic heterocycles. The normalized spacial score (nSPS) is 12.5. The molecule has 108 valence electrons. The molecule has 2 rings (SSSR count). The van der Waals surface area contributed by atoms with Crippen LogP contribution in [0.3, 0.4) is 0 Å². The summed E-state index contributed by atoms with van der Waals surface area (Å²) in [7, 11) is 0. The number of aryl methyl sites for hydroxylation is 1. The zero-order valence-electron chi connectivity index (χ0n) is 12.4. The average molecular weight is 272 g/mol. The third-order valence-corrected chi connectivity index (χ3v) is 3.43. The van der Waals surface area contributed by atoms with Crippen LogP contribution in [0.2, 0.25) is 0 Å². The van der Waals surface area contributed by atoms with Crippen molar-refractivity contribution in [3.8, 4) is 0 Å².